The Kier molecular flexibility index (Phi) is 43.3. The van der Waals surface area contributed by atoms with E-state index in [9.17, 15) is 9.46 Å². The number of aliphatic hydroxyl groups is 1. The van der Waals surface area contributed by atoms with E-state index in [-0.39, 0.29) is 85.6 Å². The molecule has 0 amide bonds. The highest BCUT2D eigenvalue weighted by Crippen LogP contribution is 2.59. The number of hydrogen-bond donors (Lipinski definition) is 1. The van der Waals surface area contributed by atoms with Gasteiger partial charge in [-0.3, -0.25) is 18.1 Å². The van der Waals surface area contributed by atoms with Crippen LogP contribution in [0.5, 0.6) is 0 Å². The van der Waals surface area contributed by atoms with Crippen molar-refractivity contribution in [1.29, 1.82) is 0 Å². The van der Waals surface area contributed by atoms with Crippen LogP contribution in [0.1, 0.15) is 260 Å². The lowest BCUT2D eigenvalue weighted by Crippen LogP contribution is -2.46. The molecule has 1 N–H and O–H groups in total. The molecule has 0 radical (unpaired) electrons. The van der Waals surface area contributed by atoms with Crippen molar-refractivity contribution >= 4 is 48.7 Å². The smallest absolute Gasteiger partial charge is 0.393 e. The molecular weight excluding hydrogens is 1390 g/mol. The summed E-state index contributed by atoms with van der Waals surface area (Å²) in [6.07, 6.45) is 37.0. The highest BCUT2D eigenvalue weighted by atomic mass is 31.2. The maximum Gasteiger partial charge on any atom is 0.393 e. The average molecular weight is 1540 g/mol. The van der Waals surface area contributed by atoms with Gasteiger partial charge in [0.2, 0.25) is 17.9 Å². The minimum atomic E-state index is -4.71. The van der Waals surface area contributed by atoms with E-state index in [0.717, 1.165) is 90.6 Å². The zero-order valence-corrected chi connectivity index (χ0v) is 69.5. The van der Waals surface area contributed by atoms with Gasteiger partial charge in [-0.05, 0) is 52.9 Å². The molecule has 6 fully saturated rings. The minimum absolute atomic E-state index is 0.0143. The number of hydrogen-bond acceptors (Lipinski definition) is 14. The van der Waals surface area contributed by atoms with Gasteiger partial charge >= 0.3 is 23.0 Å². The highest BCUT2D eigenvalue weighted by molar-refractivity contribution is 7.56. The molecule has 0 aliphatic carbocycles. The quantitative estimate of drug-likeness (QED) is 0.0439. The normalized spacial score (nSPS) is 23.6. The first-order chi connectivity index (χ1) is 49.6. The third-order valence-corrected chi connectivity index (χ3v) is 27.6. The van der Waals surface area contributed by atoms with Gasteiger partial charge in [-0.25, -0.2) is 27.7 Å². The number of ether oxygens (including phenoxy) is 3. The summed E-state index contributed by atoms with van der Waals surface area (Å²) in [5.41, 5.74) is -0.805. The molecule has 103 heavy (non-hydrogen) atoms. The van der Waals surface area contributed by atoms with Gasteiger partial charge in [0.25, 0.3) is 7.82 Å². The molecule has 6 aliphatic heterocycles. The Morgan fingerprint density at radius 3 is 1.02 bits per heavy atom. The highest BCUT2D eigenvalue weighted by Gasteiger charge is 2.46. The molecule has 7 atom stereocenters. The Hall–Kier alpha value is -1.79. The van der Waals surface area contributed by atoms with E-state index >= 15 is 13.7 Å². The van der Waals surface area contributed by atoms with Gasteiger partial charge in [-0.2, -0.15) is 14.3 Å². The molecule has 6 aliphatic rings. The molecule has 0 saturated carbocycles. The van der Waals surface area contributed by atoms with Crippen molar-refractivity contribution in [3.05, 3.63) is 0 Å². The van der Waals surface area contributed by atoms with E-state index in [0.29, 0.717) is 63.3 Å². The number of nitrogens with zero attached hydrogens (tertiary/aromatic N) is 12. The van der Waals surface area contributed by atoms with Crippen molar-refractivity contribution in [2.24, 2.45) is 14.3 Å². The zero-order valence-electron chi connectivity index (χ0n) is 65.9. The van der Waals surface area contributed by atoms with Crippen LogP contribution in [0, 0.1) is 0 Å². The van der Waals surface area contributed by atoms with Crippen molar-refractivity contribution in [3.63, 3.8) is 0 Å². The van der Waals surface area contributed by atoms with Crippen molar-refractivity contribution in [3.8, 4) is 0 Å². The molecule has 0 aromatic carbocycles. The van der Waals surface area contributed by atoms with E-state index in [2.05, 4.69) is 40.4 Å². The molecule has 30 heteroatoms. The lowest BCUT2D eigenvalue weighted by Gasteiger charge is -2.40. The molecule has 6 rings (SSSR count). The largest absolute Gasteiger partial charge is 0.756 e. The molecule has 0 aromatic rings. The lowest BCUT2D eigenvalue weighted by atomic mass is 10.1. The summed E-state index contributed by atoms with van der Waals surface area (Å²) in [6, 6.07) is 0. The number of rotatable bonds is 56. The van der Waals surface area contributed by atoms with Crippen LogP contribution in [0.15, 0.2) is 14.3 Å². The van der Waals surface area contributed by atoms with Crippen LogP contribution in [0.25, 0.3) is 0 Å². The third kappa shape index (κ3) is 33.8. The Morgan fingerprint density at radius 2 is 0.689 bits per heavy atom. The van der Waals surface area contributed by atoms with Gasteiger partial charge in [0, 0.05) is 126 Å². The number of guanidine groups is 3. The fraction of sp³-hybridized carbons (Fsp3) is 0.959. The number of morpholine rings is 3. The summed E-state index contributed by atoms with van der Waals surface area (Å²) >= 11 is 0. The van der Waals surface area contributed by atoms with E-state index in [1.807, 2.05) is 51.7 Å². The monoisotopic (exact) mass is 1540 g/mol. The molecule has 0 spiro atoms. The van der Waals surface area contributed by atoms with Crippen LogP contribution in [0.4, 0.5) is 0 Å². The van der Waals surface area contributed by atoms with Crippen LogP contribution in [-0.4, -0.2) is 262 Å². The number of aliphatic hydroxyl groups excluding tert-OH is 1. The molecule has 6 saturated heterocycles. The van der Waals surface area contributed by atoms with Gasteiger partial charge in [-0.15, -0.1) is 0 Å². The standard InChI is InChI=1S/C73H146N12O14P4/c1-10-13-16-19-22-25-28-31-34-39-44-80-50-47-77(7)70(80)74-100(87,97-65-68-63-85(55-60-93-68)102(89,99-73(4,5)6)76-72-79(9)49-52-82(72)46-41-36-33-30-27-24-21-18-15-12-3)83-53-58-92-67(61-83)64-96-101(88,75-71-78(8)48-51-81(71)45-40-35-32-29-26-23-20-17-14-11-2)84-54-59-94-69(62-84)66-98-103(90,91)95-57-43-38-37-42-56-86/h67-69,86H,10-66H2,1-9H3,(H,90,91)/p-1/t67-,68-,69-,100?,101?,102?/m1/s1. The summed E-state index contributed by atoms with van der Waals surface area (Å²) in [6.45, 7) is 19.8. The number of unbranched alkanes of at least 4 members (excludes halogenated alkanes) is 30. The maximum absolute atomic E-state index is 16.4. The Labute approximate surface area is 624 Å². The first-order valence-electron chi connectivity index (χ1n) is 40.9. The predicted octanol–water partition coefficient (Wildman–Crippen LogP) is 14.9. The van der Waals surface area contributed by atoms with Gasteiger partial charge in [0.05, 0.1) is 70.2 Å². The molecule has 26 nitrogen and oxygen atoms in total. The Bertz CT molecular complexity index is 2620. The lowest BCUT2D eigenvalue weighted by molar-refractivity contribution is -0.228. The second-order valence-electron chi connectivity index (χ2n) is 30.7. The van der Waals surface area contributed by atoms with Gasteiger partial charge in [-0.1, -0.05) is 207 Å². The van der Waals surface area contributed by atoms with Crippen LogP contribution >= 0.6 is 30.8 Å². The second-order valence-corrected chi connectivity index (χ2v) is 38.0. The van der Waals surface area contributed by atoms with Crippen LogP contribution in [0.2, 0.25) is 0 Å². The fourth-order valence-corrected chi connectivity index (χ4v) is 21.0. The summed E-state index contributed by atoms with van der Waals surface area (Å²) in [4.78, 5) is 25.8. The second kappa shape index (κ2) is 49.5. The van der Waals surface area contributed by atoms with Crippen molar-refractivity contribution < 1.29 is 65.1 Å². The first kappa shape index (κ1) is 90.1. The van der Waals surface area contributed by atoms with E-state index < -0.39 is 54.7 Å². The fourth-order valence-electron chi connectivity index (χ4n) is 14.2. The minimum Gasteiger partial charge on any atom is -0.756 e. The molecule has 4 unspecified atom stereocenters. The summed E-state index contributed by atoms with van der Waals surface area (Å²) < 4.78 is 131. The summed E-state index contributed by atoms with van der Waals surface area (Å²) in [7, 11) is -11.1. The first-order valence-corrected chi connectivity index (χ1v) is 47.0. The van der Waals surface area contributed by atoms with Gasteiger partial charge < -0.3 is 62.7 Å². The molecule has 0 aromatic heterocycles. The Balaban J connectivity index is 1.22. The molecule has 602 valence electrons. The van der Waals surface area contributed by atoms with Crippen molar-refractivity contribution in [1.82, 2.24) is 43.4 Å². The average Bonchev–Trinajstić information content (AvgIpc) is 1.78. The molecule has 6 heterocycles. The van der Waals surface area contributed by atoms with Crippen LogP contribution in [0.3, 0.4) is 0 Å². The predicted molar refractivity (Wildman–Crippen MR) is 415 cm³/mol. The molecular formula is C73H145N12O14P4-. The number of phosphoric acid groups is 1. The van der Waals surface area contributed by atoms with Crippen LogP contribution < -0.4 is 4.89 Å². The van der Waals surface area contributed by atoms with Gasteiger partial charge in [0.15, 0.2) is 0 Å². The topological polar surface area (TPSA) is 252 Å². The summed E-state index contributed by atoms with van der Waals surface area (Å²) in [5.74, 6) is 1.82. The van der Waals surface area contributed by atoms with E-state index in [4.69, 9.17) is 56.2 Å². The SMILES string of the molecule is CCCCCCCCCCCCN1CCN(C)C1=NP(=O)(OC[C@H]1CN(P(=O)(N=C2N(C)CCN2CCCCCCCCCCCC)OC[C@H]2CN(P(=O)(N=C3N(C)CCN3CCCCCCCCCCCC)OC(C)(C)C)CCO2)CCO1)N1CCO[C@@H](COP(=O)([O-])OCCCCCCO)C1. The number of phosphoric ester groups is 1. The van der Waals surface area contributed by atoms with Crippen LogP contribution in [-0.2, 0) is 55.1 Å². The number of likely N-dealkylation sites (N-methyl/N-ethyl adjacent to an activating group) is 3. The summed E-state index contributed by atoms with van der Waals surface area (Å²) in [5, 5.41) is 9.15. The van der Waals surface area contributed by atoms with Crippen molar-refractivity contribution in [2.45, 2.75) is 284 Å². The Morgan fingerprint density at radius 1 is 0.398 bits per heavy atom. The van der Waals surface area contributed by atoms with Crippen molar-refractivity contribution in [2.75, 3.05) is 172 Å². The van der Waals surface area contributed by atoms with E-state index in [1.165, 1.54) is 148 Å². The van der Waals surface area contributed by atoms with Gasteiger partial charge in [0.1, 0.15) is 0 Å². The zero-order chi connectivity index (χ0) is 74.2. The maximum atomic E-state index is 16.4. The molecule has 0 bridgehead atoms. The van der Waals surface area contributed by atoms with E-state index in [1.54, 1.807) is 14.0 Å². The third-order valence-electron chi connectivity index (χ3n) is 20.4.